The Morgan fingerprint density at radius 3 is 2.37 bits per heavy atom. The summed E-state index contributed by atoms with van der Waals surface area (Å²) in [5.41, 5.74) is 7.74. The highest BCUT2D eigenvalue weighted by atomic mass is 79.9. The van der Waals surface area contributed by atoms with E-state index >= 15 is 0 Å². The maximum atomic E-state index is 5.98. The van der Waals surface area contributed by atoms with Crippen molar-refractivity contribution in [2.45, 2.75) is 26.2 Å². The number of benzene rings is 1. The summed E-state index contributed by atoms with van der Waals surface area (Å²) in [6, 6.07) is 7.88. The monoisotopic (exact) mass is 383 g/mol. The molecule has 3 nitrogen and oxygen atoms in total. The highest BCUT2D eigenvalue weighted by molar-refractivity contribution is 9.11. The van der Waals surface area contributed by atoms with Crippen molar-refractivity contribution in [3.63, 3.8) is 0 Å². The maximum absolute atomic E-state index is 5.98. The Morgan fingerprint density at radius 2 is 1.79 bits per heavy atom. The molecule has 0 spiro atoms. The standard InChI is InChI=1S/C14H15Br2N3/c1-14(2,3)11-10(16)12(17)19-13(18-11)8-5-4-6-9(15)7-8/h4-7H,1-3H3,(H2,17,18,19). The van der Waals surface area contributed by atoms with Crippen molar-refractivity contribution in [1.29, 1.82) is 0 Å². The van der Waals surface area contributed by atoms with Gasteiger partial charge >= 0.3 is 0 Å². The second-order valence-electron chi connectivity index (χ2n) is 5.36. The summed E-state index contributed by atoms with van der Waals surface area (Å²) >= 11 is 6.93. The van der Waals surface area contributed by atoms with Gasteiger partial charge in [-0.1, -0.05) is 48.8 Å². The smallest absolute Gasteiger partial charge is 0.161 e. The van der Waals surface area contributed by atoms with E-state index in [1.165, 1.54) is 0 Å². The van der Waals surface area contributed by atoms with Crippen molar-refractivity contribution in [2.75, 3.05) is 5.73 Å². The molecule has 2 N–H and O–H groups in total. The van der Waals surface area contributed by atoms with Crippen molar-refractivity contribution in [2.24, 2.45) is 0 Å². The van der Waals surface area contributed by atoms with Crippen LogP contribution in [0.3, 0.4) is 0 Å². The number of halogens is 2. The Labute approximate surface area is 129 Å². The van der Waals surface area contributed by atoms with E-state index in [1.807, 2.05) is 24.3 Å². The minimum atomic E-state index is -0.101. The van der Waals surface area contributed by atoms with E-state index in [9.17, 15) is 0 Å². The number of hydrogen-bond acceptors (Lipinski definition) is 3. The number of nitrogens with two attached hydrogens (primary N) is 1. The fourth-order valence-electron chi connectivity index (χ4n) is 1.72. The molecule has 0 fully saturated rings. The van der Waals surface area contributed by atoms with Crippen LogP contribution in [0, 0.1) is 0 Å². The van der Waals surface area contributed by atoms with Gasteiger partial charge in [0.2, 0.25) is 0 Å². The molecule has 0 bridgehead atoms. The molecule has 1 aromatic heterocycles. The molecule has 2 rings (SSSR count). The normalized spacial score (nSPS) is 11.6. The molecule has 0 aliphatic rings. The third-order valence-corrected chi connectivity index (χ3v) is 3.95. The fraction of sp³-hybridized carbons (Fsp3) is 0.286. The minimum absolute atomic E-state index is 0.101. The third kappa shape index (κ3) is 3.15. The van der Waals surface area contributed by atoms with Crippen molar-refractivity contribution in [1.82, 2.24) is 9.97 Å². The van der Waals surface area contributed by atoms with Crippen LogP contribution in [0.2, 0.25) is 0 Å². The van der Waals surface area contributed by atoms with Gasteiger partial charge < -0.3 is 5.73 Å². The zero-order valence-electron chi connectivity index (χ0n) is 11.0. The zero-order valence-corrected chi connectivity index (χ0v) is 14.2. The molecule has 1 heterocycles. The second kappa shape index (κ2) is 5.21. The summed E-state index contributed by atoms with van der Waals surface area (Å²) in [5, 5.41) is 0. The Balaban J connectivity index is 2.63. The Bertz CT molecular complexity index is 619. The average molecular weight is 385 g/mol. The first kappa shape index (κ1) is 14.5. The van der Waals surface area contributed by atoms with Crippen LogP contribution in [0.15, 0.2) is 33.2 Å². The Morgan fingerprint density at radius 1 is 1.11 bits per heavy atom. The van der Waals surface area contributed by atoms with Gasteiger partial charge in [0.1, 0.15) is 5.82 Å². The number of rotatable bonds is 1. The first-order chi connectivity index (χ1) is 8.79. The lowest BCUT2D eigenvalue weighted by Crippen LogP contribution is -2.17. The van der Waals surface area contributed by atoms with Gasteiger partial charge in [-0.25, -0.2) is 9.97 Å². The second-order valence-corrected chi connectivity index (χ2v) is 7.06. The van der Waals surface area contributed by atoms with Gasteiger partial charge in [0.05, 0.1) is 10.2 Å². The van der Waals surface area contributed by atoms with Crippen LogP contribution in [0.4, 0.5) is 5.82 Å². The zero-order chi connectivity index (χ0) is 14.2. The number of hydrogen-bond donors (Lipinski definition) is 1. The molecule has 0 saturated carbocycles. The molecule has 19 heavy (non-hydrogen) atoms. The van der Waals surface area contributed by atoms with Crippen molar-refractivity contribution >= 4 is 37.7 Å². The van der Waals surface area contributed by atoms with Crippen molar-refractivity contribution in [3.05, 3.63) is 38.9 Å². The number of nitrogens with zero attached hydrogens (tertiary/aromatic N) is 2. The predicted molar refractivity (Wildman–Crippen MR) is 86.0 cm³/mol. The molecule has 2 aromatic rings. The van der Waals surface area contributed by atoms with Gasteiger partial charge in [0.25, 0.3) is 0 Å². The van der Waals surface area contributed by atoms with E-state index in [-0.39, 0.29) is 5.41 Å². The van der Waals surface area contributed by atoms with Gasteiger partial charge in [0.15, 0.2) is 5.82 Å². The van der Waals surface area contributed by atoms with Gasteiger partial charge in [-0.2, -0.15) is 0 Å². The highest BCUT2D eigenvalue weighted by Gasteiger charge is 2.22. The summed E-state index contributed by atoms with van der Waals surface area (Å²) in [5.74, 6) is 1.11. The van der Waals surface area contributed by atoms with E-state index in [0.29, 0.717) is 11.6 Å². The summed E-state index contributed by atoms with van der Waals surface area (Å²) in [6.07, 6.45) is 0. The van der Waals surface area contributed by atoms with E-state index < -0.39 is 0 Å². The molecule has 0 saturated heterocycles. The van der Waals surface area contributed by atoms with Gasteiger partial charge in [0, 0.05) is 15.5 Å². The summed E-state index contributed by atoms with van der Waals surface area (Å²) in [7, 11) is 0. The van der Waals surface area contributed by atoms with E-state index in [2.05, 4.69) is 62.6 Å². The van der Waals surface area contributed by atoms with Crippen LogP contribution in [-0.4, -0.2) is 9.97 Å². The van der Waals surface area contributed by atoms with Gasteiger partial charge in [-0.15, -0.1) is 0 Å². The Kier molecular flexibility index (Phi) is 3.97. The number of aromatic nitrogens is 2. The lowest BCUT2D eigenvalue weighted by atomic mass is 9.91. The van der Waals surface area contributed by atoms with Crippen molar-refractivity contribution in [3.8, 4) is 11.4 Å². The molecule has 0 unspecified atom stereocenters. The van der Waals surface area contributed by atoms with Crippen LogP contribution in [0.1, 0.15) is 26.5 Å². The largest absolute Gasteiger partial charge is 0.383 e. The first-order valence-corrected chi connectivity index (χ1v) is 7.47. The minimum Gasteiger partial charge on any atom is -0.383 e. The van der Waals surface area contributed by atoms with Crippen LogP contribution in [0.5, 0.6) is 0 Å². The Hall–Kier alpha value is -0.940. The molecule has 0 radical (unpaired) electrons. The lowest BCUT2D eigenvalue weighted by molar-refractivity contribution is 0.565. The highest BCUT2D eigenvalue weighted by Crippen LogP contribution is 2.33. The summed E-state index contributed by atoms with van der Waals surface area (Å²) < 4.78 is 1.77. The van der Waals surface area contributed by atoms with Crippen LogP contribution in [0.25, 0.3) is 11.4 Å². The summed E-state index contributed by atoms with van der Waals surface area (Å²) in [6.45, 7) is 6.30. The van der Waals surface area contributed by atoms with E-state index in [0.717, 1.165) is 20.2 Å². The van der Waals surface area contributed by atoms with Crippen LogP contribution in [-0.2, 0) is 5.41 Å². The molecule has 0 amide bonds. The molecule has 0 atom stereocenters. The molecule has 0 aliphatic carbocycles. The lowest BCUT2D eigenvalue weighted by Gasteiger charge is -2.20. The number of anilines is 1. The summed E-state index contributed by atoms with van der Waals surface area (Å²) in [4.78, 5) is 9.01. The van der Waals surface area contributed by atoms with Crippen LogP contribution < -0.4 is 5.73 Å². The third-order valence-electron chi connectivity index (χ3n) is 2.67. The van der Waals surface area contributed by atoms with E-state index in [4.69, 9.17) is 5.73 Å². The van der Waals surface area contributed by atoms with Gasteiger partial charge in [-0.05, 0) is 28.1 Å². The molecule has 0 aliphatic heterocycles. The molecular weight excluding hydrogens is 370 g/mol. The fourth-order valence-corrected chi connectivity index (χ4v) is 2.89. The van der Waals surface area contributed by atoms with Crippen LogP contribution >= 0.6 is 31.9 Å². The average Bonchev–Trinajstić information content (AvgIpc) is 2.31. The molecule has 100 valence electrons. The first-order valence-electron chi connectivity index (χ1n) is 5.88. The predicted octanol–water partition coefficient (Wildman–Crippen LogP) is 4.55. The van der Waals surface area contributed by atoms with Crippen molar-refractivity contribution < 1.29 is 0 Å². The SMILES string of the molecule is CC(C)(C)c1nc(-c2cccc(Br)c2)nc(N)c1Br. The molecule has 5 heteroatoms. The molecule has 1 aromatic carbocycles. The molecular formula is C14H15Br2N3. The number of nitrogen functional groups attached to an aromatic ring is 1. The van der Waals surface area contributed by atoms with Gasteiger partial charge in [-0.3, -0.25) is 0 Å². The maximum Gasteiger partial charge on any atom is 0.161 e. The quantitative estimate of drug-likeness (QED) is 0.784. The topological polar surface area (TPSA) is 51.8 Å². The van der Waals surface area contributed by atoms with E-state index in [1.54, 1.807) is 0 Å².